The Kier molecular flexibility index (Phi) is 4.24. The first-order valence-corrected chi connectivity index (χ1v) is 8.55. The van der Waals surface area contributed by atoms with Crippen LogP contribution in [0, 0.1) is 6.92 Å². The molecule has 1 saturated carbocycles. The van der Waals surface area contributed by atoms with Crippen LogP contribution in [0.25, 0.3) is 0 Å². The van der Waals surface area contributed by atoms with Gasteiger partial charge in [0.1, 0.15) is 0 Å². The van der Waals surface area contributed by atoms with Crippen molar-refractivity contribution < 1.29 is 22.9 Å². The molecule has 0 atom stereocenters. The Labute approximate surface area is 147 Å². The van der Waals surface area contributed by atoms with Gasteiger partial charge < -0.3 is 14.6 Å². The van der Waals surface area contributed by atoms with E-state index in [1.807, 2.05) is 40.7 Å². The maximum atomic E-state index is 12.9. The molecule has 1 aliphatic heterocycles. The Bertz CT molecular complexity index is 682. The minimum atomic E-state index is -2.65. The monoisotopic (exact) mass is 351 g/mol. The number of carbonyl (C=O) groups excluding carboxylic acids is 1. The van der Waals surface area contributed by atoms with Crippen LogP contribution >= 0.6 is 0 Å². The minimum absolute atomic E-state index is 0.288. The quantitative estimate of drug-likeness (QED) is 0.852. The lowest BCUT2D eigenvalue weighted by Gasteiger charge is -2.35. The van der Waals surface area contributed by atoms with E-state index in [-0.39, 0.29) is 18.7 Å². The summed E-state index contributed by atoms with van der Waals surface area (Å²) in [5.74, 6) is -2.97. The molecular formula is C18H24BF2NO3. The number of aryl methyl sites for hydroxylation is 1. The highest BCUT2D eigenvalue weighted by Gasteiger charge is 2.51. The van der Waals surface area contributed by atoms with E-state index < -0.39 is 30.3 Å². The van der Waals surface area contributed by atoms with E-state index in [0.717, 1.165) is 11.0 Å². The predicted octanol–water partition coefficient (Wildman–Crippen LogP) is 2.82. The lowest BCUT2D eigenvalue weighted by molar-refractivity contribution is -0.0901. The molecule has 7 heteroatoms. The van der Waals surface area contributed by atoms with Crippen molar-refractivity contribution in [1.29, 1.82) is 0 Å². The Morgan fingerprint density at radius 1 is 1.16 bits per heavy atom. The van der Waals surface area contributed by atoms with Crippen LogP contribution in [0.2, 0.25) is 0 Å². The van der Waals surface area contributed by atoms with Gasteiger partial charge in [-0.1, -0.05) is 12.1 Å². The van der Waals surface area contributed by atoms with E-state index >= 15 is 0 Å². The van der Waals surface area contributed by atoms with Gasteiger partial charge in [-0.3, -0.25) is 4.79 Å². The van der Waals surface area contributed by atoms with Crippen LogP contribution in [0.1, 0.15) is 56.5 Å². The summed E-state index contributed by atoms with van der Waals surface area (Å²) in [6.07, 6.45) is -0.576. The van der Waals surface area contributed by atoms with Crippen molar-refractivity contribution in [2.75, 3.05) is 0 Å². The van der Waals surface area contributed by atoms with Crippen molar-refractivity contribution in [1.82, 2.24) is 5.32 Å². The molecule has 0 bridgehead atoms. The van der Waals surface area contributed by atoms with Crippen LogP contribution < -0.4 is 10.8 Å². The maximum Gasteiger partial charge on any atom is 0.494 e. The standard InChI is InChI=1S/C18H24BF2NO3/c1-11-8-12(19-24-16(2,3)17(4,5)25-19)6-7-14(11)15(23)22-13-9-18(20,21)10-13/h6-8,13H,9-10H2,1-5H3,(H,22,23). The fourth-order valence-corrected chi connectivity index (χ4v) is 3.09. The van der Waals surface area contributed by atoms with Crippen LogP contribution in [0.5, 0.6) is 0 Å². The third-order valence-corrected chi connectivity index (χ3v) is 5.45. The van der Waals surface area contributed by atoms with E-state index in [2.05, 4.69) is 5.32 Å². The predicted molar refractivity (Wildman–Crippen MR) is 92.3 cm³/mol. The largest absolute Gasteiger partial charge is 0.494 e. The van der Waals surface area contributed by atoms with Gasteiger partial charge in [-0.15, -0.1) is 0 Å². The normalized spacial score (nSPS) is 24.0. The number of amides is 1. The van der Waals surface area contributed by atoms with Crippen LogP contribution in [-0.2, 0) is 9.31 Å². The van der Waals surface area contributed by atoms with Crippen molar-refractivity contribution in [2.24, 2.45) is 0 Å². The van der Waals surface area contributed by atoms with E-state index in [9.17, 15) is 13.6 Å². The Balaban J connectivity index is 1.70. The first-order valence-electron chi connectivity index (χ1n) is 8.55. The van der Waals surface area contributed by atoms with Crippen LogP contribution in [0.3, 0.4) is 0 Å². The van der Waals surface area contributed by atoms with Gasteiger partial charge in [-0.25, -0.2) is 8.78 Å². The second kappa shape index (κ2) is 5.78. The third-order valence-electron chi connectivity index (χ3n) is 5.45. The van der Waals surface area contributed by atoms with Gasteiger partial charge in [0.05, 0.1) is 11.2 Å². The number of benzene rings is 1. The number of hydrogen-bond donors (Lipinski definition) is 1. The molecule has 1 aliphatic carbocycles. The number of halogens is 2. The first kappa shape index (κ1) is 18.3. The minimum Gasteiger partial charge on any atom is -0.399 e. The average Bonchev–Trinajstić information content (AvgIpc) is 2.65. The molecule has 2 aliphatic rings. The van der Waals surface area contributed by atoms with Gasteiger partial charge in [0.25, 0.3) is 11.8 Å². The first-order chi connectivity index (χ1) is 11.4. The molecule has 2 fully saturated rings. The van der Waals surface area contributed by atoms with E-state index in [1.165, 1.54) is 0 Å². The summed E-state index contributed by atoms with van der Waals surface area (Å²) in [7, 11) is -0.494. The average molecular weight is 351 g/mol. The SMILES string of the molecule is Cc1cc(B2OC(C)(C)C(C)(C)O2)ccc1C(=O)NC1CC(F)(F)C1. The smallest absolute Gasteiger partial charge is 0.399 e. The van der Waals surface area contributed by atoms with Crippen molar-refractivity contribution in [2.45, 2.75) is 70.6 Å². The lowest BCUT2D eigenvalue weighted by atomic mass is 9.77. The maximum absolute atomic E-state index is 12.9. The molecule has 0 aromatic heterocycles. The molecule has 0 unspecified atom stereocenters. The van der Waals surface area contributed by atoms with Crippen molar-refractivity contribution in [3.63, 3.8) is 0 Å². The zero-order valence-electron chi connectivity index (χ0n) is 15.3. The Morgan fingerprint density at radius 2 is 1.72 bits per heavy atom. The fourth-order valence-electron chi connectivity index (χ4n) is 3.09. The topological polar surface area (TPSA) is 47.6 Å². The van der Waals surface area contributed by atoms with Gasteiger partial charge in [0.2, 0.25) is 0 Å². The summed E-state index contributed by atoms with van der Waals surface area (Å²) in [5, 5.41) is 2.66. The van der Waals surface area contributed by atoms with E-state index in [4.69, 9.17) is 9.31 Å². The fraction of sp³-hybridized carbons (Fsp3) is 0.611. The number of carbonyl (C=O) groups is 1. The molecule has 1 saturated heterocycles. The molecule has 0 spiro atoms. The van der Waals surface area contributed by atoms with Crippen LogP contribution in [-0.4, -0.2) is 36.2 Å². The molecule has 1 aromatic carbocycles. The van der Waals surface area contributed by atoms with Gasteiger partial charge in [0.15, 0.2) is 0 Å². The number of alkyl halides is 2. The van der Waals surface area contributed by atoms with Crippen molar-refractivity contribution >= 4 is 18.5 Å². The van der Waals surface area contributed by atoms with E-state index in [0.29, 0.717) is 5.56 Å². The summed E-state index contributed by atoms with van der Waals surface area (Å²) in [4.78, 5) is 12.3. The molecule has 1 N–H and O–H groups in total. The van der Waals surface area contributed by atoms with Crippen LogP contribution in [0.15, 0.2) is 18.2 Å². The summed E-state index contributed by atoms with van der Waals surface area (Å²) in [6.45, 7) is 9.75. The summed E-state index contributed by atoms with van der Waals surface area (Å²) >= 11 is 0. The lowest BCUT2D eigenvalue weighted by Crippen LogP contribution is -2.50. The van der Waals surface area contributed by atoms with Gasteiger partial charge in [0, 0.05) is 24.4 Å². The zero-order chi connectivity index (χ0) is 18.6. The zero-order valence-corrected chi connectivity index (χ0v) is 15.3. The van der Waals surface area contributed by atoms with Gasteiger partial charge in [-0.2, -0.15) is 0 Å². The molecule has 1 amide bonds. The highest BCUT2D eigenvalue weighted by Crippen LogP contribution is 2.38. The summed E-state index contributed by atoms with van der Waals surface area (Å²) in [6, 6.07) is 4.89. The van der Waals surface area contributed by atoms with Crippen molar-refractivity contribution in [3.8, 4) is 0 Å². The van der Waals surface area contributed by atoms with E-state index in [1.54, 1.807) is 12.1 Å². The Morgan fingerprint density at radius 3 is 2.20 bits per heavy atom. The van der Waals surface area contributed by atoms with Crippen molar-refractivity contribution in [3.05, 3.63) is 29.3 Å². The highest BCUT2D eigenvalue weighted by atomic mass is 19.3. The highest BCUT2D eigenvalue weighted by molar-refractivity contribution is 6.62. The molecule has 136 valence electrons. The molecule has 1 heterocycles. The van der Waals surface area contributed by atoms with Gasteiger partial charge in [-0.05, 0) is 51.7 Å². The second-order valence-electron chi connectivity index (χ2n) is 8.10. The molecule has 1 aromatic rings. The Hall–Kier alpha value is -1.47. The second-order valence-corrected chi connectivity index (χ2v) is 8.10. The molecule has 3 rings (SSSR count). The van der Waals surface area contributed by atoms with Crippen LogP contribution in [0.4, 0.5) is 8.78 Å². The molecular weight excluding hydrogens is 327 g/mol. The molecule has 25 heavy (non-hydrogen) atoms. The number of rotatable bonds is 3. The number of hydrogen-bond acceptors (Lipinski definition) is 3. The molecule has 0 radical (unpaired) electrons. The molecule has 4 nitrogen and oxygen atoms in total. The summed E-state index contributed by atoms with van der Waals surface area (Å²) < 4.78 is 37.8. The third kappa shape index (κ3) is 3.44. The van der Waals surface area contributed by atoms with Gasteiger partial charge >= 0.3 is 7.12 Å². The summed E-state index contributed by atoms with van der Waals surface area (Å²) in [5.41, 5.74) is 1.21. The number of nitrogens with one attached hydrogen (secondary N) is 1.